The fourth-order valence-electron chi connectivity index (χ4n) is 2.82. The van der Waals surface area contributed by atoms with Gasteiger partial charge in [0, 0.05) is 29.8 Å². The Hall–Kier alpha value is -4.80. The molecule has 0 saturated carbocycles. The van der Waals surface area contributed by atoms with E-state index in [9.17, 15) is 29.8 Å². The molecule has 0 aliphatic heterocycles. The van der Waals surface area contributed by atoms with E-state index in [0.29, 0.717) is 0 Å². The van der Waals surface area contributed by atoms with Crippen LogP contribution in [0.15, 0.2) is 66.7 Å². The summed E-state index contributed by atoms with van der Waals surface area (Å²) < 4.78 is 5.14. The molecule has 0 atom stereocenters. The van der Waals surface area contributed by atoms with Gasteiger partial charge in [-0.2, -0.15) is 0 Å². The molecule has 2 amide bonds. The molecule has 11 nitrogen and oxygen atoms in total. The number of para-hydroxylation sites is 1. The quantitative estimate of drug-likeness (QED) is 0.419. The highest BCUT2D eigenvalue weighted by Crippen LogP contribution is 2.30. The molecule has 0 aliphatic carbocycles. The Morgan fingerprint density at radius 1 is 0.781 bits per heavy atom. The van der Waals surface area contributed by atoms with E-state index in [1.165, 1.54) is 55.6 Å². The van der Waals surface area contributed by atoms with Crippen molar-refractivity contribution in [2.75, 3.05) is 17.7 Å². The summed E-state index contributed by atoms with van der Waals surface area (Å²) in [5.74, 6) is -0.993. The number of ether oxygens (including phenoxy) is 1. The number of hydrogen-bond acceptors (Lipinski definition) is 7. The van der Waals surface area contributed by atoms with Gasteiger partial charge >= 0.3 is 0 Å². The van der Waals surface area contributed by atoms with Crippen molar-refractivity contribution in [1.29, 1.82) is 0 Å². The van der Waals surface area contributed by atoms with Crippen molar-refractivity contribution >= 4 is 34.6 Å². The zero-order valence-corrected chi connectivity index (χ0v) is 16.6. The summed E-state index contributed by atoms with van der Waals surface area (Å²) in [6.07, 6.45) is 0. The van der Waals surface area contributed by atoms with Crippen molar-refractivity contribution in [2.45, 2.75) is 0 Å². The molecule has 0 spiro atoms. The van der Waals surface area contributed by atoms with Crippen molar-refractivity contribution in [1.82, 2.24) is 0 Å². The third-order valence-corrected chi connectivity index (χ3v) is 4.40. The maximum absolute atomic E-state index is 12.9. The minimum absolute atomic E-state index is 0.0863. The Kier molecular flexibility index (Phi) is 6.39. The fourth-order valence-corrected chi connectivity index (χ4v) is 2.82. The number of nitrogens with zero attached hydrogens (tertiary/aromatic N) is 2. The number of non-ortho nitro benzene ring substituents is 2. The van der Waals surface area contributed by atoms with E-state index in [1.807, 2.05) is 0 Å². The van der Waals surface area contributed by atoms with E-state index in [2.05, 4.69) is 10.6 Å². The summed E-state index contributed by atoms with van der Waals surface area (Å²) in [6, 6.07) is 14.9. The number of rotatable bonds is 7. The first-order valence-corrected chi connectivity index (χ1v) is 9.08. The van der Waals surface area contributed by atoms with E-state index in [-0.39, 0.29) is 39.6 Å². The molecular formula is C21H16N4O7. The topological polar surface area (TPSA) is 154 Å². The predicted molar refractivity (Wildman–Crippen MR) is 115 cm³/mol. The normalized spacial score (nSPS) is 10.2. The largest absolute Gasteiger partial charge is 0.495 e. The lowest BCUT2D eigenvalue weighted by atomic mass is 10.1. The van der Waals surface area contributed by atoms with Gasteiger partial charge in [0.2, 0.25) is 0 Å². The van der Waals surface area contributed by atoms with Crippen LogP contribution in [-0.4, -0.2) is 28.8 Å². The van der Waals surface area contributed by atoms with E-state index < -0.39 is 21.7 Å². The molecule has 2 N–H and O–H groups in total. The maximum atomic E-state index is 12.9. The van der Waals surface area contributed by atoms with E-state index in [0.717, 1.165) is 6.07 Å². The molecule has 0 aliphatic rings. The SMILES string of the molecule is COc1ccc([N+](=O)[O-])cc1NC(=O)c1ccccc1NC(=O)c1ccc([N+](=O)[O-])cc1. The second-order valence-electron chi connectivity index (χ2n) is 6.40. The monoisotopic (exact) mass is 436 g/mol. The molecular weight excluding hydrogens is 420 g/mol. The van der Waals surface area contributed by atoms with Gasteiger partial charge in [-0.1, -0.05) is 12.1 Å². The molecule has 3 rings (SSSR count). The molecule has 0 bridgehead atoms. The smallest absolute Gasteiger partial charge is 0.271 e. The number of carbonyl (C=O) groups is 2. The number of nitrogens with one attached hydrogen (secondary N) is 2. The lowest BCUT2D eigenvalue weighted by Crippen LogP contribution is -2.18. The van der Waals surface area contributed by atoms with Crippen LogP contribution in [0.4, 0.5) is 22.7 Å². The Labute approximate surface area is 180 Å². The number of benzene rings is 3. The number of methoxy groups -OCH3 is 1. The summed E-state index contributed by atoms with van der Waals surface area (Å²) in [7, 11) is 1.36. The van der Waals surface area contributed by atoms with Crippen LogP contribution in [0, 0.1) is 20.2 Å². The number of nitro benzene ring substituents is 2. The van der Waals surface area contributed by atoms with Crippen LogP contribution in [0.1, 0.15) is 20.7 Å². The Balaban J connectivity index is 1.84. The lowest BCUT2D eigenvalue weighted by Gasteiger charge is -2.13. The minimum atomic E-state index is -0.636. The lowest BCUT2D eigenvalue weighted by molar-refractivity contribution is -0.385. The summed E-state index contributed by atoms with van der Waals surface area (Å²) in [5, 5.41) is 26.9. The van der Waals surface area contributed by atoms with Crippen LogP contribution in [0.3, 0.4) is 0 Å². The average Bonchev–Trinajstić information content (AvgIpc) is 2.79. The van der Waals surface area contributed by atoms with Crippen molar-refractivity contribution < 1.29 is 24.2 Å². The van der Waals surface area contributed by atoms with Crippen LogP contribution < -0.4 is 15.4 Å². The molecule has 0 fully saturated rings. The third kappa shape index (κ3) is 4.84. The van der Waals surface area contributed by atoms with E-state index in [1.54, 1.807) is 12.1 Å². The number of anilines is 2. The molecule has 0 saturated heterocycles. The zero-order chi connectivity index (χ0) is 23.3. The van der Waals surface area contributed by atoms with Gasteiger partial charge in [0.05, 0.1) is 33.9 Å². The number of carbonyl (C=O) groups excluding carboxylic acids is 2. The summed E-state index contributed by atoms with van der Waals surface area (Å²) in [5.41, 5.74) is 0.122. The highest BCUT2D eigenvalue weighted by Gasteiger charge is 2.18. The van der Waals surface area contributed by atoms with Gasteiger partial charge in [0.1, 0.15) is 5.75 Å². The van der Waals surface area contributed by atoms with Crippen molar-refractivity contribution in [3.8, 4) is 5.75 Å². The Morgan fingerprint density at radius 3 is 2.00 bits per heavy atom. The molecule has 11 heteroatoms. The van der Waals surface area contributed by atoms with Gasteiger partial charge in [-0.15, -0.1) is 0 Å². The zero-order valence-electron chi connectivity index (χ0n) is 16.6. The highest BCUT2D eigenvalue weighted by molar-refractivity contribution is 6.13. The van der Waals surface area contributed by atoms with Crippen molar-refractivity contribution in [3.63, 3.8) is 0 Å². The van der Waals surface area contributed by atoms with Gasteiger partial charge in [0.25, 0.3) is 23.2 Å². The van der Waals surface area contributed by atoms with Crippen LogP contribution in [-0.2, 0) is 0 Å². The first-order chi connectivity index (χ1) is 15.3. The van der Waals surface area contributed by atoms with Crippen LogP contribution in [0.25, 0.3) is 0 Å². The molecule has 32 heavy (non-hydrogen) atoms. The van der Waals surface area contributed by atoms with Gasteiger partial charge in [-0.05, 0) is 30.3 Å². The predicted octanol–water partition coefficient (Wildman–Crippen LogP) is 4.02. The molecule has 0 aromatic heterocycles. The van der Waals surface area contributed by atoms with Crippen LogP contribution >= 0.6 is 0 Å². The van der Waals surface area contributed by atoms with Gasteiger partial charge in [0.15, 0.2) is 0 Å². The number of nitro groups is 2. The highest BCUT2D eigenvalue weighted by atomic mass is 16.6. The minimum Gasteiger partial charge on any atom is -0.495 e. The molecule has 0 heterocycles. The first kappa shape index (κ1) is 21.9. The standard InChI is InChI=1S/C21H16N4O7/c1-32-19-11-10-15(25(30)31)12-18(19)23-21(27)16-4-2-3-5-17(16)22-20(26)13-6-8-14(9-7-13)24(28)29/h2-12H,1H3,(H,22,26)(H,23,27). The van der Waals surface area contributed by atoms with Crippen molar-refractivity contribution in [2.24, 2.45) is 0 Å². The first-order valence-electron chi connectivity index (χ1n) is 9.08. The van der Waals surface area contributed by atoms with E-state index in [4.69, 9.17) is 4.74 Å². The molecule has 162 valence electrons. The number of amides is 2. The molecule has 0 unspecified atom stereocenters. The average molecular weight is 436 g/mol. The summed E-state index contributed by atoms with van der Waals surface area (Å²) in [4.78, 5) is 46.0. The van der Waals surface area contributed by atoms with Gasteiger partial charge in [-0.25, -0.2) is 0 Å². The molecule has 0 radical (unpaired) electrons. The second kappa shape index (κ2) is 9.34. The fraction of sp³-hybridized carbons (Fsp3) is 0.0476. The Morgan fingerprint density at radius 2 is 1.38 bits per heavy atom. The third-order valence-electron chi connectivity index (χ3n) is 4.40. The summed E-state index contributed by atoms with van der Waals surface area (Å²) in [6.45, 7) is 0. The molecule has 3 aromatic carbocycles. The van der Waals surface area contributed by atoms with Crippen LogP contribution in [0.2, 0.25) is 0 Å². The van der Waals surface area contributed by atoms with E-state index >= 15 is 0 Å². The molecule has 3 aromatic rings. The Bertz CT molecular complexity index is 1210. The van der Waals surface area contributed by atoms with Crippen molar-refractivity contribution in [3.05, 3.63) is 98.1 Å². The maximum Gasteiger partial charge on any atom is 0.271 e. The number of hydrogen-bond donors (Lipinski definition) is 2. The summed E-state index contributed by atoms with van der Waals surface area (Å²) >= 11 is 0. The second-order valence-corrected chi connectivity index (χ2v) is 6.40. The van der Waals surface area contributed by atoms with Gasteiger partial charge < -0.3 is 15.4 Å². The van der Waals surface area contributed by atoms with Gasteiger partial charge in [-0.3, -0.25) is 29.8 Å². The van der Waals surface area contributed by atoms with Crippen LogP contribution in [0.5, 0.6) is 5.75 Å².